The summed E-state index contributed by atoms with van der Waals surface area (Å²) in [5.41, 5.74) is -1.06. The standard InChI is InChI=1S/C7H14N2O3.C6H11NO.2C2H5.CH3NO2.5HI.2V/c1-8-4-2-7(10,3-5-8)6-9(11)12;1-7-4-2-6(8)3-5-7;2*1-2;1-2(3)4;;;;;;;/h10H,2-6H2,1H3;2-5H2,1H3;2*1H2,2H3;1H3;5*1H;;/q;;2*-1;;;;;;;+2;+3/p-5. The first-order valence-corrected chi connectivity index (χ1v) is 32.6. The van der Waals surface area contributed by atoms with E-state index in [9.17, 15) is 20.0 Å². The molecule has 0 aromatic rings. The molecule has 0 unspecified atom stereocenters. The topological polar surface area (TPSA) is 130 Å². The molecular formula is C18H38I5N4O6V2-2. The third-order valence-electron chi connectivity index (χ3n) is 3.89. The molecule has 0 amide bonds. The van der Waals surface area contributed by atoms with Gasteiger partial charge in [-0.25, -0.2) is 0 Å². The Bertz CT molecular complexity index is 493. The minimum atomic E-state index is -1.06. The second-order valence-electron chi connectivity index (χ2n) is 6.56. The maximum atomic E-state index is 10.6. The predicted octanol–water partition coefficient (Wildman–Crippen LogP) is 6.00. The molecule has 213 valence electrons. The molecule has 2 fully saturated rings. The van der Waals surface area contributed by atoms with Crippen LogP contribution in [-0.2, 0) is 19.2 Å². The number of ketones is 1. The van der Waals surface area contributed by atoms with E-state index in [1.165, 1.54) is 0 Å². The van der Waals surface area contributed by atoms with Gasteiger partial charge in [-0.1, -0.05) is 0 Å². The van der Waals surface area contributed by atoms with Gasteiger partial charge in [-0.3, -0.25) is 25.0 Å². The molecule has 2 saturated heterocycles. The van der Waals surface area contributed by atoms with Crippen molar-refractivity contribution in [2.75, 3.05) is 53.9 Å². The fraction of sp³-hybridized carbons (Fsp3) is 0.833. The summed E-state index contributed by atoms with van der Waals surface area (Å²) in [6.07, 6.45) is 2.53. The number of carbonyl (C=O) groups excluding carboxylic acids is 1. The molecular weight excluding hydrogens is 1100 g/mol. The van der Waals surface area contributed by atoms with Crippen molar-refractivity contribution >= 4 is 106 Å². The van der Waals surface area contributed by atoms with E-state index in [1.54, 1.807) is 13.8 Å². The van der Waals surface area contributed by atoms with Crippen LogP contribution in [0.15, 0.2) is 0 Å². The number of nitro groups is 2. The number of carbonyl (C=O) groups is 1. The Kier molecular flexibility index (Phi) is 48.2. The Morgan fingerprint density at radius 2 is 1.23 bits per heavy atom. The van der Waals surface area contributed by atoms with Gasteiger partial charge in [-0.2, -0.15) is 13.8 Å². The Hall–Kier alpha value is 3.17. The Balaban J connectivity index is -0.000000113. The summed E-state index contributed by atoms with van der Waals surface area (Å²) in [4.78, 5) is 32.6. The molecule has 1 N–H and O–H groups in total. The van der Waals surface area contributed by atoms with Crippen LogP contribution in [0.5, 0.6) is 0 Å². The van der Waals surface area contributed by atoms with Gasteiger partial charge in [0, 0.05) is 48.9 Å². The van der Waals surface area contributed by atoms with Gasteiger partial charge < -0.3 is 28.8 Å². The van der Waals surface area contributed by atoms with Crippen molar-refractivity contribution in [3.63, 3.8) is 0 Å². The van der Waals surface area contributed by atoms with Gasteiger partial charge in [-0.05, 0) is 26.9 Å². The molecule has 0 aromatic heterocycles. The summed E-state index contributed by atoms with van der Waals surface area (Å²) in [6.45, 7) is 13.1. The molecule has 0 bridgehead atoms. The average Bonchev–Trinajstić information content (AvgIpc) is 2.75. The van der Waals surface area contributed by atoms with Gasteiger partial charge in [0.25, 0.3) is 0 Å². The van der Waals surface area contributed by atoms with Gasteiger partial charge in [0.1, 0.15) is 11.4 Å². The number of hydrogen-bond acceptors (Lipinski definition) is 8. The Morgan fingerprint density at radius 1 is 0.971 bits per heavy atom. The van der Waals surface area contributed by atoms with Crippen molar-refractivity contribution in [2.45, 2.75) is 45.1 Å². The molecule has 0 atom stereocenters. The molecule has 2 heterocycles. The third-order valence-corrected chi connectivity index (χ3v) is 3.89. The van der Waals surface area contributed by atoms with Crippen molar-refractivity contribution in [1.29, 1.82) is 0 Å². The molecule has 0 spiro atoms. The van der Waals surface area contributed by atoms with Crippen molar-refractivity contribution in [2.24, 2.45) is 0 Å². The van der Waals surface area contributed by atoms with Crippen LogP contribution in [0.4, 0.5) is 0 Å². The first kappa shape index (κ1) is 47.9. The number of piperidine rings is 2. The zero-order chi connectivity index (χ0) is 29.0. The second-order valence-corrected chi connectivity index (χ2v) is 53.7. The quantitative estimate of drug-likeness (QED) is 0.155. The number of hydrogen-bond donors (Lipinski definition) is 1. The van der Waals surface area contributed by atoms with Gasteiger partial charge >= 0.3 is 114 Å². The van der Waals surface area contributed by atoms with Gasteiger partial charge in [-0.15, -0.1) is 0 Å². The first-order valence-electron chi connectivity index (χ1n) is 10.1. The molecule has 35 heavy (non-hydrogen) atoms. The number of halogens is 5. The van der Waals surface area contributed by atoms with Crippen LogP contribution in [0.3, 0.4) is 0 Å². The molecule has 0 aliphatic carbocycles. The third kappa shape index (κ3) is 50.5. The molecule has 0 saturated carbocycles. The van der Waals surface area contributed by atoms with E-state index in [2.05, 4.69) is 124 Å². The number of nitrogens with zero attached hydrogens (tertiary/aromatic N) is 4. The molecule has 17 heteroatoms. The van der Waals surface area contributed by atoms with Crippen LogP contribution in [-0.4, -0.2) is 90.0 Å². The average molecular weight is 1140 g/mol. The molecule has 2 aliphatic heterocycles. The van der Waals surface area contributed by atoms with Crippen LogP contribution >= 0.6 is 99.9 Å². The summed E-state index contributed by atoms with van der Waals surface area (Å²) in [6, 6.07) is 0. The fourth-order valence-corrected chi connectivity index (χ4v) is 2.30. The number of aliphatic hydroxyl groups is 1. The fourth-order valence-electron chi connectivity index (χ4n) is 2.30. The van der Waals surface area contributed by atoms with Crippen LogP contribution in [0, 0.1) is 34.1 Å². The van der Waals surface area contributed by atoms with E-state index in [0.29, 0.717) is 28.1 Å². The van der Waals surface area contributed by atoms with Gasteiger partial charge in [0.15, 0.2) is 7.05 Å². The van der Waals surface area contributed by atoms with E-state index in [1.807, 2.05) is 14.1 Å². The summed E-state index contributed by atoms with van der Waals surface area (Å²) in [5, 5.41) is 28.7. The summed E-state index contributed by atoms with van der Waals surface area (Å²) in [5.74, 6) is 0.420. The van der Waals surface area contributed by atoms with Crippen LogP contribution in [0.1, 0.15) is 39.5 Å². The predicted molar refractivity (Wildman–Crippen MR) is 180 cm³/mol. The van der Waals surface area contributed by atoms with E-state index in [-0.39, 0.29) is 11.5 Å². The van der Waals surface area contributed by atoms with Crippen molar-refractivity contribution in [3.05, 3.63) is 34.1 Å². The molecule has 0 aromatic carbocycles. The maximum absolute atomic E-state index is 10.6. The normalized spacial score (nSPS) is 16.1. The zero-order valence-corrected chi connectivity index (χ0v) is 34.4. The van der Waals surface area contributed by atoms with Crippen LogP contribution in [0.25, 0.3) is 0 Å². The summed E-state index contributed by atoms with van der Waals surface area (Å²) >= 11 is 12.1. The van der Waals surface area contributed by atoms with E-state index < -0.39 is 15.4 Å². The molecule has 2 aliphatic rings. The zero-order valence-electron chi connectivity index (χ0n) is 20.8. The van der Waals surface area contributed by atoms with Crippen LogP contribution in [0.2, 0.25) is 0 Å². The Morgan fingerprint density at radius 3 is 1.46 bits per heavy atom. The second kappa shape index (κ2) is 35.2. The number of Topliss-reactive ketones (excluding diaryl/α,β-unsaturated/α-hetero) is 1. The monoisotopic (exact) mass is 1140 g/mol. The SMILES string of the molecule is CN1CCC(=O)CC1.CN1CCC(O)(C[N+](=O)[O-])CC1.C[N+](=O)[O-].[CH2-]C.[CH2-]C.[I][V]([I])[I].[I][V][I]. The molecule has 0 radical (unpaired) electrons. The molecule has 2 rings (SSSR count). The first-order chi connectivity index (χ1) is 16.2. The van der Waals surface area contributed by atoms with Crippen molar-refractivity contribution < 1.29 is 34.1 Å². The van der Waals surface area contributed by atoms with E-state index in [0.717, 1.165) is 46.1 Å². The summed E-state index contributed by atoms with van der Waals surface area (Å²) in [7, 11) is 5.51. The minimum absolute atomic E-state index is 0.278. The van der Waals surface area contributed by atoms with Gasteiger partial charge in [0.05, 0.1) is 0 Å². The number of likely N-dealkylation sites (tertiary alicyclic amines) is 2. The molecule has 10 nitrogen and oxygen atoms in total. The summed E-state index contributed by atoms with van der Waals surface area (Å²) < 4.78 is 0. The Labute approximate surface area is 278 Å². The van der Waals surface area contributed by atoms with Crippen molar-refractivity contribution in [1.82, 2.24) is 9.80 Å². The number of rotatable bonds is 2. The van der Waals surface area contributed by atoms with E-state index >= 15 is 0 Å². The van der Waals surface area contributed by atoms with Crippen molar-refractivity contribution in [3.8, 4) is 0 Å². The van der Waals surface area contributed by atoms with Gasteiger partial charge in [0.2, 0.25) is 6.54 Å². The van der Waals surface area contributed by atoms with E-state index in [4.69, 9.17) is 10.1 Å². The van der Waals surface area contributed by atoms with Crippen LogP contribution < -0.4 is 0 Å².